The molecule has 0 unspecified atom stereocenters. The van der Waals surface area contributed by atoms with Gasteiger partial charge in [-0.05, 0) is 61.4 Å². The Morgan fingerprint density at radius 3 is 2.39 bits per heavy atom. The molecule has 0 spiro atoms. The SMILES string of the molecule is CS(=O)(=O)c1ccc(Oc2ccc(NC(=O)CCCC[C@@H]3SC[C@H]4NC(=O)N[C@@H]34)cc2)cc1. The number of ether oxygens (including phenoxy) is 1. The first-order chi connectivity index (χ1) is 15.8. The van der Waals surface area contributed by atoms with E-state index in [1.165, 1.54) is 12.1 Å². The van der Waals surface area contributed by atoms with Crippen molar-refractivity contribution in [3.05, 3.63) is 48.5 Å². The molecular formula is C23H27N3O5S2. The van der Waals surface area contributed by atoms with E-state index >= 15 is 0 Å². The Kier molecular flexibility index (Phi) is 7.14. The minimum Gasteiger partial charge on any atom is -0.457 e. The highest BCUT2D eigenvalue weighted by Crippen LogP contribution is 2.33. The van der Waals surface area contributed by atoms with Crippen molar-refractivity contribution in [2.75, 3.05) is 17.3 Å². The van der Waals surface area contributed by atoms with E-state index in [0.29, 0.717) is 28.9 Å². The summed E-state index contributed by atoms with van der Waals surface area (Å²) in [4.78, 5) is 23.9. The lowest BCUT2D eigenvalue weighted by atomic mass is 10.0. The van der Waals surface area contributed by atoms with Crippen molar-refractivity contribution in [1.82, 2.24) is 10.6 Å². The minimum atomic E-state index is -3.24. The molecule has 2 heterocycles. The summed E-state index contributed by atoms with van der Waals surface area (Å²) in [5, 5.41) is 9.24. The molecule has 4 rings (SSSR count). The van der Waals surface area contributed by atoms with Gasteiger partial charge in [-0.15, -0.1) is 0 Å². The van der Waals surface area contributed by atoms with Crippen LogP contribution in [-0.4, -0.2) is 49.7 Å². The predicted molar refractivity (Wildman–Crippen MR) is 129 cm³/mol. The van der Waals surface area contributed by atoms with Crippen LogP contribution < -0.4 is 20.7 Å². The molecule has 8 nitrogen and oxygen atoms in total. The molecule has 0 radical (unpaired) electrons. The Labute approximate surface area is 197 Å². The number of nitrogens with one attached hydrogen (secondary N) is 3. The number of thioether (sulfide) groups is 1. The molecule has 3 amide bonds. The molecule has 2 saturated heterocycles. The van der Waals surface area contributed by atoms with E-state index < -0.39 is 9.84 Å². The second-order valence-electron chi connectivity index (χ2n) is 8.29. The third kappa shape index (κ3) is 6.20. The number of amides is 3. The zero-order chi connectivity index (χ0) is 23.4. The number of carbonyl (C=O) groups excluding carboxylic acids is 2. The second kappa shape index (κ2) is 10.0. The van der Waals surface area contributed by atoms with Crippen LogP contribution in [0.1, 0.15) is 25.7 Å². The fourth-order valence-electron chi connectivity index (χ4n) is 3.99. The van der Waals surface area contributed by atoms with Crippen LogP contribution in [0, 0.1) is 0 Å². The molecule has 33 heavy (non-hydrogen) atoms. The van der Waals surface area contributed by atoms with Crippen molar-refractivity contribution >= 4 is 39.2 Å². The highest BCUT2D eigenvalue weighted by molar-refractivity contribution is 8.00. The minimum absolute atomic E-state index is 0.0344. The van der Waals surface area contributed by atoms with Crippen molar-refractivity contribution in [3.63, 3.8) is 0 Å². The maximum absolute atomic E-state index is 12.3. The van der Waals surface area contributed by atoms with Gasteiger partial charge in [0.1, 0.15) is 11.5 Å². The number of anilines is 1. The largest absolute Gasteiger partial charge is 0.457 e. The number of rotatable bonds is 9. The Morgan fingerprint density at radius 2 is 1.73 bits per heavy atom. The van der Waals surface area contributed by atoms with Gasteiger partial charge < -0.3 is 20.7 Å². The number of hydrogen-bond donors (Lipinski definition) is 3. The van der Waals surface area contributed by atoms with Crippen LogP contribution in [0.3, 0.4) is 0 Å². The molecule has 2 aliphatic heterocycles. The van der Waals surface area contributed by atoms with Crippen LogP contribution >= 0.6 is 11.8 Å². The molecule has 0 aromatic heterocycles. The molecule has 0 bridgehead atoms. The molecule has 2 aliphatic rings. The van der Waals surface area contributed by atoms with E-state index in [-0.39, 0.29) is 28.9 Å². The molecule has 2 fully saturated rings. The van der Waals surface area contributed by atoms with Crippen molar-refractivity contribution in [2.45, 2.75) is 47.9 Å². The summed E-state index contributed by atoms with van der Waals surface area (Å²) in [6, 6.07) is 13.6. The third-order valence-electron chi connectivity index (χ3n) is 5.71. The van der Waals surface area contributed by atoms with E-state index in [9.17, 15) is 18.0 Å². The normalized spacial score (nSPS) is 21.7. The summed E-state index contributed by atoms with van der Waals surface area (Å²) >= 11 is 1.88. The van der Waals surface area contributed by atoms with Gasteiger partial charge >= 0.3 is 6.03 Å². The summed E-state index contributed by atoms with van der Waals surface area (Å²) in [7, 11) is -3.24. The fraction of sp³-hybridized carbons (Fsp3) is 0.391. The lowest BCUT2D eigenvalue weighted by molar-refractivity contribution is -0.116. The van der Waals surface area contributed by atoms with Gasteiger partial charge in [0.15, 0.2) is 9.84 Å². The van der Waals surface area contributed by atoms with Gasteiger partial charge in [0, 0.05) is 29.4 Å². The lowest BCUT2D eigenvalue weighted by Gasteiger charge is -2.16. The van der Waals surface area contributed by atoms with Crippen LogP contribution in [-0.2, 0) is 14.6 Å². The Hall–Kier alpha value is -2.72. The van der Waals surface area contributed by atoms with Crippen LogP contribution in [0.2, 0.25) is 0 Å². The third-order valence-corrected chi connectivity index (χ3v) is 8.34. The number of fused-ring (bicyclic) bond motifs is 1. The number of benzene rings is 2. The fourth-order valence-corrected chi connectivity index (χ4v) is 6.17. The van der Waals surface area contributed by atoms with Crippen LogP contribution in [0.4, 0.5) is 10.5 Å². The van der Waals surface area contributed by atoms with Gasteiger partial charge in [-0.3, -0.25) is 4.79 Å². The Bertz CT molecular complexity index is 1100. The molecule has 2 aromatic rings. The average molecular weight is 490 g/mol. The first-order valence-corrected chi connectivity index (χ1v) is 13.8. The average Bonchev–Trinajstić information content (AvgIpc) is 3.32. The summed E-state index contributed by atoms with van der Waals surface area (Å²) in [5.41, 5.74) is 0.689. The quantitative estimate of drug-likeness (QED) is 0.367. The number of hydrogen-bond acceptors (Lipinski definition) is 6. The molecular weight excluding hydrogens is 462 g/mol. The van der Waals surface area contributed by atoms with Crippen LogP contribution in [0.25, 0.3) is 0 Å². The van der Waals surface area contributed by atoms with Gasteiger partial charge in [-0.2, -0.15) is 11.8 Å². The summed E-state index contributed by atoms with van der Waals surface area (Å²) in [5.74, 6) is 2.02. The monoisotopic (exact) mass is 489 g/mol. The predicted octanol–water partition coefficient (Wildman–Crippen LogP) is 3.55. The van der Waals surface area contributed by atoms with E-state index in [2.05, 4.69) is 16.0 Å². The second-order valence-corrected chi connectivity index (χ2v) is 11.6. The number of sulfone groups is 1. The highest BCUT2D eigenvalue weighted by Gasteiger charge is 2.42. The van der Waals surface area contributed by atoms with E-state index in [1.807, 2.05) is 11.8 Å². The maximum atomic E-state index is 12.3. The molecule has 0 saturated carbocycles. The molecule has 3 N–H and O–H groups in total. The lowest BCUT2D eigenvalue weighted by Crippen LogP contribution is -2.36. The molecule has 3 atom stereocenters. The summed E-state index contributed by atoms with van der Waals surface area (Å²) in [6.45, 7) is 0. The van der Waals surface area contributed by atoms with Gasteiger partial charge in [0.05, 0.1) is 17.0 Å². The van der Waals surface area contributed by atoms with E-state index in [0.717, 1.165) is 31.3 Å². The zero-order valence-electron chi connectivity index (χ0n) is 18.2. The summed E-state index contributed by atoms with van der Waals surface area (Å²) < 4.78 is 28.8. The number of carbonyl (C=O) groups is 2. The van der Waals surface area contributed by atoms with Crippen molar-refractivity contribution in [3.8, 4) is 11.5 Å². The zero-order valence-corrected chi connectivity index (χ0v) is 19.9. The van der Waals surface area contributed by atoms with Gasteiger partial charge in [0.2, 0.25) is 5.91 Å². The van der Waals surface area contributed by atoms with Crippen molar-refractivity contribution in [1.29, 1.82) is 0 Å². The standard InChI is InChI=1S/C23H27N3O5S2/c1-33(29,30)18-12-10-17(11-13-18)31-16-8-6-15(7-9-16)24-21(27)5-3-2-4-20-22-19(14-32-20)25-23(28)26-22/h6-13,19-20,22H,2-5,14H2,1H3,(H,24,27)(H2,25,26,28)/t19-,20+,22-/m1/s1. The molecule has 0 aliphatic carbocycles. The van der Waals surface area contributed by atoms with Crippen molar-refractivity contribution < 1.29 is 22.7 Å². The van der Waals surface area contributed by atoms with Crippen LogP contribution in [0.15, 0.2) is 53.4 Å². The Balaban J connectivity index is 1.18. The van der Waals surface area contributed by atoms with E-state index in [4.69, 9.17) is 4.74 Å². The summed E-state index contributed by atoms with van der Waals surface area (Å²) in [6.07, 6.45) is 4.33. The van der Waals surface area contributed by atoms with Gasteiger partial charge in [-0.25, -0.2) is 13.2 Å². The van der Waals surface area contributed by atoms with Crippen LogP contribution in [0.5, 0.6) is 11.5 Å². The highest BCUT2D eigenvalue weighted by atomic mass is 32.2. The topological polar surface area (TPSA) is 114 Å². The first-order valence-electron chi connectivity index (χ1n) is 10.8. The maximum Gasteiger partial charge on any atom is 0.315 e. The van der Waals surface area contributed by atoms with E-state index in [1.54, 1.807) is 36.4 Å². The smallest absolute Gasteiger partial charge is 0.315 e. The first kappa shape index (κ1) is 23.4. The molecule has 176 valence electrons. The Morgan fingerprint density at radius 1 is 1.06 bits per heavy atom. The number of unbranched alkanes of at least 4 members (excludes halogenated alkanes) is 1. The van der Waals surface area contributed by atoms with Gasteiger partial charge in [0.25, 0.3) is 0 Å². The number of urea groups is 1. The molecule has 2 aromatic carbocycles. The molecule has 10 heteroatoms. The van der Waals surface area contributed by atoms with Crippen molar-refractivity contribution in [2.24, 2.45) is 0 Å². The van der Waals surface area contributed by atoms with Gasteiger partial charge in [-0.1, -0.05) is 6.42 Å².